The molecule has 2 bridgehead atoms. The van der Waals surface area contributed by atoms with Gasteiger partial charge in [0, 0.05) is 113 Å². The molecule has 66 heavy (non-hydrogen) atoms. The Balaban J connectivity index is 0.638. The molecule has 8 atom stereocenters. The summed E-state index contributed by atoms with van der Waals surface area (Å²) in [6.45, 7) is 11.8. The SMILES string of the molecule is C[C@@]1(O)CC/C=C\CN2C(=O)C3CNC(Nc4ccc(N5CCN(C6CCN(C7CCN(c8ccc9c(c8)C(=O)N(C8CCC(=O)NC8=O)C9)CC7)C6)CC5)cc4)NC3N2C2CCCC1N2. The number of benzene rings is 2. The van der Waals surface area contributed by atoms with Gasteiger partial charge in [-0.15, -0.1) is 0 Å². The van der Waals surface area contributed by atoms with Crippen LogP contribution in [-0.4, -0.2) is 167 Å². The quantitative estimate of drug-likeness (QED) is 0.176. The minimum Gasteiger partial charge on any atom is -0.389 e. The van der Waals surface area contributed by atoms with Crippen LogP contribution in [0.4, 0.5) is 17.1 Å². The summed E-state index contributed by atoms with van der Waals surface area (Å²) >= 11 is 0. The van der Waals surface area contributed by atoms with E-state index in [1.807, 2.05) is 24.1 Å². The number of anilines is 3. The van der Waals surface area contributed by atoms with Crippen LogP contribution in [-0.2, 0) is 20.9 Å². The third kappa shape index (κ3) is 8.49. The van der Waals surface area contributed by atoms with E-state index in [9.17, 15) is 24.3 Å². The third-order valence-electron chi connectivity index (χ3n) is 16.5. The van der Waals surface area contributed by atoms with Gasteiger partial charge in [0.1, 0.15) is 12.3 Å². The number of fused-ring (bicyclic) bond motifs is 7. The van der Waals surface area contributed by atoms with E-state index >= 15 is 0 Å². The highest BCUT2D eigenvalue weighted by molar-refractivity contribution is 6.05. The molecule has 9 heterocycles. The van der Waals surface area contributed by atoms with Crippen LogP contribution in [0.2, 0.25) is 0 Å². The van der Waals surface area contributed by atoms with E-state index in [1.54, 1.807) is 4.90 Å². The summed E-state index contributed by atoms with van der Waals surface area (Å²) in [4.78, 5) is 63.4. The minimum absolute atomic E-state index is 0.0183. The lowest BCUT2D eigenvalue weighted by Gasteiger charge is -2.47. The van der Waals surface area contributed by atoms with Crippen LogP contribution >= 0.6 is 0 Å². The van der Waals surface area contributed by atoms with Gasteiger partial charge in [-0.2, -0.15) is 5.01 Å². The fourth-order valence-electron chi connectivity index (χ4n) is 12.6. The van der Waals surface area contributed by atoms with Gasteiger partial charge in [-0.05, 0) is 107 Å². The van der Waals surface area contributed by atoms with Gasteiger partial charge >= 0.3 is 0 Å². The van der Waals surface area contributed by atoms with Crippen LogP contribution in [0.25, 0.3) is 0 Å². The van der Waals surface area contributed by atoms with Crippen molar-refractivity contribution in [1.82, 2.24) is 46.0 Å². The maximum absolute atomic E-state index is 13.8. The van der Waals surface area contributed by atoms with E-state index in [4.69, 9.17) is 0 Å². The number of hydrazine groups is 1. The molecule has 6 N–H and O–H groups in total. The molecule has 0 spiro atoms. The Hall–Kier alpha value is -4.62. The van der Waals surface area contributed by atoms with Crippen LogP contribution in [0.5, 0.6) is 0 Å². The van der Waals surface area contributed by atoms with Crippen molar-refractivity contribution in [3.63, 3.8) is 0 Å². The Kier molecular flexibility index (Phi) is 12.1. The Morgan fingerprint density at radius 2 is 1.56 bits per heavy atom. The van der Waals surface area contributed by atoms with Crippen molar-refractivity contribution < 1.29 is 24.3 Å². The zero-order valence-corrected chi connectivity index (χ0v) is 38.4. The van der Waals surface area contributed by atoms with Crippen LogP contribution in [0.15, 0.2) is 54.6 Å². The number of likely N-dealkylation sites (tertiary alicyclic amines) is 1. The predicted molar refractivity (Wildman–Crippen MR) is 251 cm³/mol. The molecular weight excluding hydrogens is 837 g/mol. The van der Waals surface area contributed by atoms with Gasteiger partial charge in [-0.25, -0.2) is 0 Å². The molecule has 17 heteroatoms. The first kappa shape index (κ1) is 43.9. The third-order valence-corrected chi connectivity index (χ3v) is 16.5. The van der Waals surface area contributed by atoms with Crippen molar-refractivity contribution in [2.75, 3.05) is 80.6 Å². The summed E-state index contributed by atoms with van der Waals surface area (Å²) in [7, 11) is 0. The first-order chi connectivity index (χ1) is 32.1. The van der Waals surface area contributed by atoms with Crippen molar-refractivity contribution in [2.45, 2.75) is 126 Å². The highest BCUT2D eigenvalue weighted by Crippen LogP contribution is 2.36. The molecule has 0 saturated carbocycles. The number of hydrogen-bond acceptors (Lipinski definition) is 14. The van der Waals surface area contributed by atoms with E-state index in [0.717, 1.165) is 108 Å². The van der Waals surface area contributed by atoms with Gasteiger partial charge in [0.2, 0.25) is 17.7 Å². The maximum Gasteiger partial charge on any atom is 0.255 e. The van der Waals surface area contributed by atoms with E-state index in [-0.39, 0.29) is 60.6 Å². The lowest BCUT2D eigenvalue weighted by atomic mass is 9.85. The first-order valence-electron chi connectivity index (χ1n) is 24.9. The lowest BCUT2D eigenvalue weighted by Crippen LogP contribution is -2.69. The second-order valence-electron chi connectivity index (χ2n) is 20.5. The van der Waals surface area contributed by atoms with E-state index < -0.39 is 11.6 Å². The van der Waals surface area contributed by atoms with E-state index in [2.05, 4.69) is 93.7 Å². The molecule has 9 aliphatic heterocycles. The summed E-state index contributed by atoms with van der Waals surface area (Å²) in [6, 6.07) is 15.5. The summed E-state index contributed by atoms with van der Waals surface area (Å²) < 4.78 is 0. The van der Waals surface area contributed by atoms with Crippen molar-refractivity contribution >= 4 is 40.7 Å². The smallest absolute Gasteiger partial charge is 0.255 e. The number of allylic oxidation sites excluding steroid dienone is 1. The summed E-state index contributed by atoms with van der Waals surface area (Å²) in [6.07, 6.45) is 12.2. The average Bonchev–Trinajstić information content (AvgIpc) is 4.03. The second kappa shape index (κ2) is 18.1. The number of amides is 4. The zero-order valence-electron chi connectivity index (χ0n) is 38.4. The van der Waals surface area contributed by atoms with Crippen LogP contribution in [0.3, 0.4) is 0 Å². The molecule has 7 fully saturated rings. The van der Waals surface area contributed by atoms with Crippen LogP contribution in [0.1, 0.15) is 87.1 Å². The second-order valence-corrected chi connectivity index (χ2v) is 20.5. The monoisotopic (exact) mass is 905 g/mol. The van der Waals surface area contributed by atoms with Crippen molar-refractivity contribution in [2.24, 2.45) is 5.92 Å². The van der Waals surface area contributed by atoms with Gasteiger partial charge in [-0.3, -0.25) is 55.3 Å². The average molecular weight is 905 g/mol. The largest absolute Gasteiger partial charge is 0.389 e. The van der Waals surface area contributed by atoms with E-state index in [0.29, 0.717) is 50.1 Å². The predicted octanol–water partition coefficient (Wildman–Crippen LogP) is 1.77. The molecule has 4 amide bonds. The molecule has 11 rings (SSSR count). The number of hydrogen-bond donors (Lipinski definition) is 6. The van der Waals surface area contributed by atoms with Crippen molar-refractivity contribution in [3.05, 3.63) is 65.7 Å². The number of piperidine rings is 3. The van der Waals surface area contributed by atoms with Crippen molar-refractivity contribution in [3.8, 4) is 0 Å². The highest BCUT2D eigenvalue weighted by Gasteiger charge is 2.53. The number of piperazine rings is 1. The molecule has 0 aromatic heterocycles. The summed E-state index contributed by atoms with van der Waals surface area (Å²) in [5.74, 6) is -0.812. The minimum atomic E-state index is -0.807. The molecule has 0 aliphatic carbocycles. The summed E-state index contributed by atoms with van der Waals surface area (Å²) in [5.41, 5.74) is 4.16. The molecule has 7 saturated heterocycles. The van der Waals surface area contributed by atoms with Gasteiger partial charge < -0.3 is 25.1 Å². The summed E-state index contributed by atoms with van der Waals surface area (Å²) in [5, 5.41) is 32.6. The van der Waals surface area contributed by atoms with Crippen molar-refractivity contribution in [1.29, 1.82) is 0 Å². The van der Waals surface area contributed by atoms with Gasteiger partial charge in [0.05, 0.1) is 30.4 Å². The molecule has 0 radical (unpaired) electrons. The van der Waals surface area contributed by atoms with Gasteiger partial charge in [0.15, 0.2) is 0 Å². The number of nitrogens with one attached hydrogen (secondary N) is 5. The molecule has 7 unspecified atom stereocenters. The molecule has 2 aromatic rings. The Morgan fingerprint density at radius 1 is 0.788 bits per heavy atom. The lowest BCUT2D eigenvalue weighted by molar-refractivity contribution is -0.146. The van der Waals surface area contributed by atoms with Gasteiger partial charge in [-0.1, -0.05) is 18.2 Å². The number of carbonyl (C=O) groups is 4. The number of nitrogens with zero attached hydrogens (tertiary/aromatic N) is 7. The number of aliphatic hydroxyl groups is 1. The standard InChI is InChI=1S/C49H68N12O5/c1-49(66)19-3-2-4-20-60-47(65)39-29-50-48(54-44(39)61(60)42-7-5-6-41(49)52-42)51-33-9-12-34(13-10-33)56-24-26-57(27-25-56)37-18-23-58(31-37)35-16-21-55(22-17-35)36-11-8-32-30-59(46(64)38(32)28-36)40-14-15-43(62)53-45(40)63/h2,4,8-13,28,35,37,39-42,44,48,50-52,54,66H,3,5-7,14-27,29-31H2,1H3,(H,53,62,63)/b4-2-/t37?,39?,40?,41?,42?,44?,48?,49-/m1/s1. The Bertz CT molecular complexity index is 2190. The fraction of sp³-hybridized carbons (Fsp3) is 0.633. The fourth-order valence-corrected chi connectivity index (χ4v) is 12.6. The van der Waals surface area contributed by atoms with Crippen LogP contribution in [0, 0.1) is 5.92 Å². The number of imide groups is 1. The molecule has 9 aliphatic rings. The van der Waals surface area contributed by atoms with Crippen LogP contribution < -0.4 is 36.4 Å². The Morgan fingerprint density at radius 3 is 2.36 bits per heavy atom. The molecular formula is C49H68N12O5. The maximum atomic E-state index is 13.8. The Labute approximate surface area is 388 Å². The highest BCUT2D eigenvalue weighted by atomic mass is 16.3. The first-order valence-corrected chi connectivity index (χ1v) is 24.9. The molecule has 2 aromatic carbocycles. The molecule has 354 valence electrons. The number of carbonyl (C=O) groups excluding carboxylic acids is 4. The normalized spacial score (nSPS) is 34.5. The number of rotatable bonds is 7. The molecule has 17 nitrogen and oxygen atoms in total. The topological polar surface area (TPSA) is 171 Å². The van der Waals surface area contributed by atoms with E-state index in [1.165, 1.54) is 12.1 Å². The zero-order chi connectivity index (χ0) is 45.1. The van der Waals surface area contributed by atoms with Gasteiger partial charge in [0.25, 0.3) is 5.91 Å².